The number of carbonyl (C=O) groups excluding carboxylic acids is 1. The number of furan rings is 1. The third kappa shape index (κ3) is 3.79. The van der Waals surface area contributed by atoms with E-state index in [1.165, 1.54) is 0 Å². The zero-order chi connectivity index (χ0) is 17.7. The fraction of sp³-hybridized carbons (Fsp3) is 0.421. The van der Waals surface area contributed by atoms with Crippen LogP contribution in [0.2, 0.25) is 0 Å². The summed E-state index contributed by atoms with van der Waals surface area (Å²) in [5.74, 6) is 0.616. The quantitative estimate of drug-likeness (QED) is 0.622. The zero-order valence-electron chi connectivity index (χ0n) is 15.0. The predicted molar refractivity (Wildman–Crippen MR) is 95.4 cm³/mol. The molecular formula is C19H25NO4. The molecule has 5 heteroatoms. The summed E-state index contributed by atoms with van der Waals surface area (Å²) in [5, 5.41) is 3.90. The first-order chi connectivity index (χ1) is 11.5. The number of allylic oxidation sites excluding steroid dienone is 1. The summed E-state index contributed by atoms with van der Waals surface area (Å²) < 4.78 is 16.2. The number of rotatable bonds is 7. The van der Waals surface area contributed by atoms with Crippen molar-refractivity contribution >= 4 is 22.4 Å². The van der Waals surface area contributed by atoms with Crippen LogP contribution in [0.3, 0.4) is 0 Å². The Hall–Kier alpha value is -2.27. The van der Waals surface area contributed by atoms with Crippen molar-refractivity contribution in [2.45, 2.75) is 27.2 Å². The smallest absolute Gasteiger partial charge is 0.244 e. The van der Waals surface area contributed by atoms with Crippen molar-refractivity contribution < 1.29 is 18.7 Å². The van der Waals surface area contributed by atoms with Gasteiger partial charge < -0.3 is 19.2 Å². The van der Waals surface area contributed by atoms with Crippen LogP contribution < -0.4 is 10.1 Å². The Bertz CT molecular complexity index is 758. The van der Waals surface area contributed by atoms with Gasteiger partial charge in [-0.25, -0.2) is 0 Å². The summed E-state index contributed by atoms with van der Waals surface area (Å²) in [6, 6.07) is 2.02. The van der Waals surface area contributed by atoms with E-state index in [-0.39, 0.29) is 5.91 Å². The molecule has 0 bridgehead atoms. The van der Waals surface area contributed by atoms with E-state index in [2.05, 4.69) is 5.32 Å². The Morgan fingerprint density at radius 3 is 2.75 bits per heavy atom. The number of nitrogens with one attached hydrogen (secondary N) is 1. The molecule has 0 aliphatic rings. The minimum absolute atomic E-state index is 0.118. The summed E-state index contributed by atoms with van der Waals surface area (Å²) in [6.45, 7) is 7.10. The van der Waals surface area contributed by atoms with E-state index in [1.807, 2.05) is 26.8 Å². The van der Waals surface area contributed by atoms with Crippen LogP contribution in [0.4, 0.5) is 0 Å². The number of amides is 1. The lowest BCUT2D eigenvalue weighted by Crippen LogP contribution is -2.23. The van der Waals surface area contributed by atoms with Gasteiger partial charge in [0.2, 0.25) is 5.91 Å². The van der Waals surface area contributed by atoms with Gasteiger partial charge in [-0.05, 0) is 44.4 Å². The maximum atomic E-state index is 12.1. The van der Waals surface area contributed by atoms with Crippen LogP contribution in [0.25, 0.3) is 16.5 Å². The van der Waals surface area contributed by atoms with Crippen LogP contribution in [0.15, 0.2) is 22.8 Å². The van der Waals surface area contributed by atoms with Gasteiger partial charge >= 0.3 is 0 Å². The predicted octanol–water partition coefficient (Wildman–Crippen LogP) is 3.61. The van der Waals surface area contributed by atoms with E-state index in [0.717, 1.165) is 45.4 Å². The largest absolute Gasteiger partial charge is 0.496 e. The first kappa shape index (κ1) is 18.1. The van der Waals surface area contributed by atoms with Gasteiger partial charge in [-0.2, -0.15) is 0 Å². The minimum atomic E-state index is -0.118. The molecule has 1 aromatic carbocycles. The van der Waals surface area contributed by atoms with E-state index in [0.29, 0.717) is 13.2 Å². The van der Waals surface area contributed by atoms with Crippen molar-refractivity contribution in [2.24, 2.45) is 0 Å². The van der Waals surface area contributed by atoms with E-state index in [1.54, 1.807) is 26.6 Å². The van der Waals surface area contributed by atoms with Crippen molar-refractivity contribution in [3.8, 4) is 5.75 Å². The molecule has 0 spiro atoms. The fourth-order valence-corrected chi connectivity index (χ4v) is 2.75. The normalized spacial score (nSPS) is 11.8. The van der Waals surface area contributed by atoms with Crippen LogP contribution in [-0.2, 0) is 9.53 Å². The second kappa shape index (κ2) is 8.02. The molecule has 1 N–H and O–H groups in total. The maximum Gasteiger partial charge on any atom is 0.244 e. The number of aryl methyl sites for hydroxylation is 2. The van der Waals surface area contributed by atoms with Crippen LogP contribution in [0.5, 0.6) is 5.75 Å². The van der Waals surface area contributed by atoms with Gasteiger partial charge in [-0.15, -0.1) is 0 Å². The first-order valence-electron chi connectivity index (χ1n) is 8.00. The van der Waals surface area contributed by atoms with Crippen LogP contribution >= 0.6 is 0 Å². The zero-order valence-corrected chi connectivity index (χ0v) is 15.0. The number of hydrogen-bond acceptors (Lipinski definition) is 4. The number of methoxy groups -OCH3 is 2. The molecule has 0 fully saturated rings. The molecule has 0 aliphatic heterocycles. The fourth-order valence-electron chi connectivity index (χ4n) is 2.75. The van der Waals surface area contributed by atoms with Gasteiger partial charge in [0, 0.05) is 42.9 Å². The molecule has 5 nitrogen and oxygen atoms in total. The minimum Gasteiger partial charge on any atom is -0.496 e. The van der Waals surface area contributed by atoms with Crippen molar-refractivity contribution in [3.05, 3.63) is 35.1 Å². The molecule has 0 atom stereocenters. The molecular weight excluding hydrogens is 306 g/mol. The number of ether oxygens (including phenoxy) is 2. The summed E-state index contributed by atoms with van der Waals surface area (Å²) in [6.07, 6.45) is 4.13. The van der Waals surface area contributed by atoms with E-state index in [4.69, 9.17) is 13.9 Å². The van der Waals surface area contributed by atoms with E-state index >= 15 is 0 Å². The molecule has 2 aromatic rings. The monoisotopic (exact) mass is 331 g/mol. The van der Waals surface area contributed by atoms with Gasteiger partial charge in [0.25, 0.3) is 0 Å². The van der Waals surface area contributed by atoms with Gasteiger partial charge in [0.1, 0.15) is 11.3 Å². The lowest BCUT2D eigenvalue weighted by molar-refractivity contribution is -0.116. The average Bonchev–Trinajstić information content (AvgIpc) is 2.93. The molecule has 24 heavy (non-hydrogen) atoms. The molecule has 1 aromatic heterocycles. The highest BCUT2D eigenvalue weighted by molar-refractivity contribution is 5.98. The molecule has 130 valence electrons. The summed E-state index contributed by atoms with van der Waals surface area (Å²) in [4.78, 5) is 12.1. The van der Waals surface area contributed by atoms with Crippen LogP contribution in [-0.4, -0.2) is 33.3 Å². The molecule has 1 heterocycles. The highest BCUT2D eigenvalue weighted by atomic mass is 16.5. The Balaban J connectivity index is 2.30. The first-order valence-corrected chi connectivity index (χ1v) is 8.00. The standard InChI is InChI=1S/C19H25NO4/c1-12(9-17(21)20-7-6-8-22-4)15-10-16-13(2)11-24-19(16)14(3)18(15)23-5/h9-11H,6-8H2,1-5H3,(H,20,21)/b12-9+. The van der Waals surface area contributed by atoms with Crippen LogP contribution in [0, 0.1) is 13.8 Å². The third-order valence-electron chi connectivity index (χ3n) is 4.04. The number of benzene rings is 1. The van der Waals surface area contributed by atoms with Crippen molar-refractivity contribution in [2.75, 3.05) is 27.4 Å². The van der Waals surface area contributed by atoms with Gasteiger partial charge in [0.05, 0.1) is 13.4 Å². The van der Waals surface area contributed by atoms with Gasteiger partial charge in [0.15, 0.2) is 0 Å². The molecule has 0 saturated carbocycles. The molecule has 0 unspecified atom stereocenters. The highest BCUT2D eigenvalue weighted by Crippen LogP contribution is 2.37. The van der Waals surface area contributed by atoms with E-state index in [9.17, 15) is 4.79 Å². The Morgan fingerprint density at radius 2 is 2.08 bits per heavy atom. The summed E-state index contributed by atoms with van der Waals surface area (Å²) in [5.41, 5.74) is 4.57. The number of hydrogen-bond donors (Lipinski definition) is 1. The third-order valence-corrected chi connectivity index (χ3v) is 4.04. The molecule has 1 amide bonds. The van der Waals surface area contributed by atoms with Gasteiger partial charge in [-0.1, -0.05) is 0 Å². The molecule has 0 radical (unpaired) electrons. The summed E-state index contributed by atoms with van der Waals surface area (Å²) >= 11 is 0. The average molecular weight is 331 g/mol. The molecule has 0 saturated heterocycles. The number of fused-ring (bicyclic) bond motifs is 1. The van der Waals surface area contributed by atoms with Crippen molar-refractivity contribution in [1.82, 2.24) is 5.32 Å². The maximum absolute atomic E-state index is 12.1. The molecule has 0 aliphatic carbocycles. The van der Waals surface area contributed by atoms with Crippen molar-refractivity contribution in [1.29, 1.82) is 0 Å². The van der Waals surface area contributed by atoms with Gasteiger partial charge in [-0.3, -0.25) is 4.79 Å². The summed E-state index contributed by atoms with van der Waals surface area (Å²) in [7, 11) is 3.28. The second-order valence-electron chi connectivity index (χ2n) is 5.84. The van der Waals surface area contributed by atoms with Crippen molar-refractivity contribution in [3.63, 3.8) is 0 Å². The SMILES string of the molecule is COCCCNC(=O)/C=C(\C)c1cc2c(C)coc2c(C)c1OC. The lowest BCUT2D eigenvalue weighted by Gasteiger charge is -2.13. The lowest BCUT2D eigenvalue weighted by atomic mass is 9.98. The topological polar surface area (TPSA) is 60.7 Å². The van der Waals surface area contributed by atoms with E-state index < -0.39 is 0 Å². The number of carbonyl (C=O) groups is 1. The second-order valence-corrected chi connectivity index (χ2v) is 5.84. The van der Waals surface area contributed by atoms with Crippen LogP contribution in [0.1, 0.15) is 30.0 Å². The Kier molecular flexibility index (Phi) is 6.04. The Morgan fingerprint density at radius 1 is 1.33 bits per heavy atom. The highest BCUT2D eigenvalue weighted by Gasteiger charge is 2.16. The molecule has 2 rings (SSSR count). The Labute approximate surface area is 142 Å².